The molecule has 23 heavy (non-hydrogen) atoms. The van der Waals surface area contributed by atoms with E-state index in [0.29, 0.717) is 11.6 Å². The van der Waals surface area contributed by atoms with E-state index < -0.39 is 0 Å². The highest BCUT2D eigenvalue weighted by Gasteiger charge is 2.23. The summed E-state index contributed by atoms with van der Waals surface area (Å²) in [5, 5.41) is 5.30. The first-order chi connectivity index (χ1) is 11.1. The smallest absolute Gasteiger partial charge is 0.255 e. The number of rotatable bonds is 3. The standard InChI is InChI=1S/C18H26N4O/c1-13(2)22-17-14(12-20-22)10-15(11-19-17)18(23)21(3)16-8-6-4-5-7-9-16/h10-13,16H,4-9H2,1-3H3. The van der Waals surface area contributed by atoms with E-state index in [9.17, 15) is 4.79 Å². The molecule has 5 heteroatoms. The monoisotopic (exact) mass is 314 g/mol. The Morgan fingerprint density at radius 3 is 2.57 bits per heavy atom. The van der Waals surface area contributed by atoms with Gasteiger partial charge in [0.1, 0.15) is 0 Å². The Kier molecular flexibility index (Phi) is 4.64. The van der Waals surface area contributed by atoms with Gasteiger partial charge in [0, 0.05) is 30.7 Å². The van der Waals surface area contributed by atoms with Crippen LogP contribution in [0.1, 0.15) is 68.8 Å². The summed E-state index contributed by atoms with van der Waals surface area (Å²) < 4.78 is 1.89. The molecule has 3 rings (SSSR count). The van der Waals surface area contributed by atoms with Crippen molar-refractivity contribution in [1.82, 2.24) is 19.7 Å². The van der Waals surface area contributed by atoms with Crippen LogP contribution in [0.15, 0.2) is 18.5 Å². The second kappa shape index (κ2) is 6.69. The van der Waals surface area contributed by atoms with Gasteiger partial charge >= 0.3 is 0 Å². The number of nitrogens with zero attached hydrogens (tertiary/aromatic N) is 4. The molecule has 0 bridgehead atoms. The van der Waals surface area contributed by atoms with Gasteiger partial charge < -0.3 is 4.90 Å². The van der Waals surface area contributed by atoms with Crippen LogP contribution in [-0.2, 0) is 0 Å². The lowest BCUT2D eigenvalue weighted by atomic mass is 10.1. The third-order valence-corrected chi connectivity index (χ3v) is 4.86. The van der Waals surface area contributed by atoms with Crippen molar-refractivity contribution >= 4 is 16.9 Å². The molecule has 2 aromatic rings. The minimum Gasteiger partial charge on any atom is -0.339 e. The number of pyridine rings is 1. The van der Waals surface area contributed by atoms with Crippen molar-refractivity contribution in [3.8, 4) is 0 Å². The average molecular weight is 314 g/mol. The van der Waals surface area contributed by atoms with Crippen LogP contribution in [0.5, 0.6) is 0 Å². The molecule has 0 spiro atoms. The Bertz CT molecular complexity index is 683. The van der Waals surface area contributed by atoms with Gasteiger partial charge in [-0.2, -0.15) is 5.10 Å². The lowest BCUT2D eigenvalue weighted by molar-refractivity contribution is 0.0717. The Balaban J connectivity index is 1.82. The topological polar surface area (TPSA) is 51.0 Å². The van der Waals surface area contributed by atoms with Crippen LogP contribution in [0, 0.1) is 0 Å². The predicted molar refractivity (Wildman–Crippen MR) is 91.5 cm³/mol. The highest BCUT2D eigenvalue weighted by atomic mass is 16.2. The summed E-state index contributed by atoms with van der Waals surface area (Å²) in [5.74, 6) is 0.0728. The van der Waals surface area contributed by atoms with E-state index in [2.05, 4.69) is 23.9 Å². The van der Waals surface area contributed by atoms with Crippen molar-refractivity contribution in [3.05, 3.63) is 24.0 Å². The zero-order valence-electron chi connectivity index (χ0n) is 14.3. The molecule has 1 saturated carbocycles. The van der Waals surface area contributed by atoms with E-state index in [1.54, 1.807) is 12.4 Å². The van der Waals surface area contributed by atoms with Gasteiger partial charge in [0.25, 0.3) is 5.91 Å². The van der Waals surface area contributed by atoms with Crippen LogP contribution in [0.3, 0.4) is 0 Å². The molecule has 5 nitrogen and oxygen atoms in total. The first-order valence-corrected chi connectivity index (χ1v) is 8.68. The van der Waals surface area contributed by atoms with Gasteiger partial charge in [0.05, 0.1) is 11.8 Å². The Morgan fingerprint density at radius 2 is 1.91 bits per heavy atom. The molecule has 0 aromatic carbocycles. The third-order valence-electron chi connectivity index (χ3n) is 4.86. The zero-order chi connectivity index (χ0) is 16.4. The van der Waals surface area contributed by atoms with Crippen molar-refractivity contribution < 1.29 is 4.79 Å². The molecular weight excluding hydrogens is 288 g/mol. The molecular formula is C18H26N4O. The molecule has 0 N–H and O–H groups in total. The fourth-order valence-corrected chi connectivity index (χ4v) is 3.45. The number of aromatic nitrogens is 3. The SMILES string of the molecule is CC(C)n1ncc2cc(C(=O)N(C)C3CCCCCC3)cnc21. The largest absolute Gasteiger partial charge is 0.339 e. The van der Waals surface area contributed by atoms with Gasteiger partial charge in [-0.25, -0.2) is 9.67 Å². The van der Waals surface area contributed by atoms with Gasteiger partial charge in [-0.05, 0) is 32.8 Å². The summed E-state index contributed by atoms with van der Waals surface area (Å²) in [4.78, 5) is 19.2. The lowest BCUT2D eigenvalue weighted by Gasteiger charge is -2.27. The van der Waals surface area contributed by atoms with Crippen LogP contribution in [0.25, 0.3) is 11.0 Å². The third kappa shape index (κ3) is 3.23. The minimum atomic E-state index is 0.0728. The maximum atomic E-state index is 12.8. The molecule has 1 aliphatic carbocycles. The van der Waals surface area contributed by atoms with E-state index in [4.69, 9.17) is 0 Å². The fourth-order valence-electron chi connectivity index (χ4n) is 3.45. The maximum Gasteiger partial charge on any atom is 0.255 e. The summed E-state index contributed by atoms with van der Waals surface area (Å²) >= 11 is 0. The molecule has 2 heterocycles. The summed E-state index contributed by atoms with van der Waals surface area (Å²) in [6.07, 6.45) is 10.7. The van der Waals surface area contributed by atoms with E-state index in [1.165, 1.54) is 25.7 Å². The number of carbonyl (C=O) groups is 1. The van der Waals surface area contributed by atoms with Crippen LogP contribution >= 0.6 is 0 Å². The van der Waals surface area contributed by atoms with E-state index in [1.807, 2.05) is 22.7 Å². The average Bonchev–Trinajstić information content (AvgIpc) is 2.78. The quantitative estimate of drug-likeness (QED) is 0.810. The molecule has 0 radical (unpaired) electrons. The number of hydrogen-bond acceptors (Lipinski definition) is 3. The fraction of sp³-hybridized carbons (Fsp3) is 0.611. The second-order valence-corrected chi connectivity index (χ2v) is 6.88. The summed E-state index contributed by atoms with van der Waals surface area (Å²) in [6, 6.07) is 2.54. The van der Waals surface area contributed by atoms with Crippen molar-refractivity contribution in [1.29, 1.82) is 0 Å². The lowest BCUT2D eigenvalue weighted by Crippen LogP contribution is -2.36. The molecule has 1 fully saturated rings. The van der Waals surface area contributed by atoms with E-state index in [-0.39, 0.29) is 11.9 Å². The second-order valence-electron chi connectivity index (χ2n) is 6.88. The first kappa shape index (κ1) is 16.0. The Hall–Kier alpha value is -1.91. The van der Waals surface area contributed by atoms with Crippen molar-refractivity contribution in [3.63, 3.8) is 0 Å². The number of carbonyl (C=O) groups excluding carboxylic acids is 1. The number of fused-ring (bicyclic) bond motifs is 1. The molecule has 0 aliphatic heterocycles. The van der Waals surface area contributed by atoms with E-state index >= 15 is 0 Å². The summed E-state index contributed by atoms with van der Waals surface area (Å²) in [7, 11) is 1.93. The first-order valence-electron chi connectivity index (χ1n) is 8.68. The van der Waals surface area contributed by atoms with E-state index in [0.717, 1.165) is 23.9 Å². The molecule has 0 saturated heterocycles. The van der Waals surface area contributed by atoms with Crippen molar-refractivity contribution in [2.75, 3.05) is 7.05 Å². The van der Waals surface area contributed by atoms with Crippen LogP contribution in [-0.4, -0.2) is 38.7 Å². The van der Waals surface area contributed by atoms with Crippen molar-refractivity contribution in [2.24, 2.45) is 0 Å². The van der Waals surface area contributed by atoms with Crippen LogP contribution < -0.4 is 0 Å². The Morgan fingerprint density at radius 1 is 1.22 bits per heavy atom. The Labute approximate surface area is 137 Å². The number of hydrogen-bond donors (Lipinski definition) is 0. The summed E-state index contributed by atoms with van der Waals surface area (Å²) in [6.45, 7) is 4.15. The van der Waals surface area contributed by atoms with Gasteiger partial charge in [0.15, 0.2) is 5.65 Å². The van der Waals surface area contributed by atoms with Gasteiger partial charge in [0.2, 0.25) is 0 Å². The van der Waals surface area contributed by atoms with Gasteiger partial charge in [-0.3, -0.25) is 4.79 Å². The summed E-state index contributed by atoms with van der Waals surface area (Å²) in [5.41, 5.74) is 1.50. The highest BCUT2D eigenvalue weighted by Crippen LogP contribution is 2.23. The van der Waals surface area contributed by atoms with Crippen LogP contribution in [0.2, 0.25) is 0 Å². The normalized spacial score (nSPS) is 16.7. The molecule has 0 unspecified atom stereocenters. The van der Waals surface area contributed by atoms with Gasteiger partial charge in [-0.1, -0.05) is 25.7 Å². The maximum absolute atomic E-state index is 12.8. The molecule has 124 valence electrons. The molecule has 1 amide bonds. The highest BCUT2D eigenvalue weighted by molar-refractivity contribution is 5.96. The molecule has 1 aliphatic rings. The zero-order valence-corrected chi connectivity index (χ0v) is 14.3. The molecule has 2 aromatic heterocycles. The number of amides is 1. The minimum absolute atomic E-state index is 0.0728. The molecule has 0 atom stereocenters. The predicted octanol–water partition coefficient (Wildman–Crippen LogP) is 3.81. The van der Waals surface area contributed by atoms with Crippen LogP contribution in [0.4, 0.5) is 0 Å². The van der Waals surface area contributed by atoms with Crippen molar-refractivity contribution in [2.45, 2.75) is 64.5 Å². The van der Waals surface area contributed by atoms with Gasteiger partial charge in [-0.15, -0.1) is 0 Å².